The molecule has 3 aliphatic rings. The van der Waals surface area contributed by atoms with Gasteiger partial charge in [0.05, 0.1) is 13.0 Å². The van der Waals surface area contributed by atoms with Crippen molar-refractivity contribution < 1.29 is 24.2 Å². The zero-order chi connectivity index (χ0) is 21.3. The number of rotatable bonds is 7. The number of ether oxygens (including phenoxy) is 1. The number of thioether (sulfide) groups is 3. The third-order valence-corrected chi connectivity index (χ3v) is 8.71. The molecule has 1 aromatic rings. The number of fused-ring (bicyclic) bond motifs is 1. The van der Waals surface area contributed by atoms with Gasteiger partial charge in [0.1, 0.15) is 27.9 Å². The van der Waals surface area contributed by atoms with Crippen molar-refractivity contribution in [3.05, 3.63) is 27.4 Å². The Balaban J connectivity index is 1.41. The number of hydrogen-bond acceptors (Lipinski definition) is 10. The van der Waals surface area contributed by atoms with Gasteiger partial charge >= 0.3 is 5.97 Å². The molecule has 0 aromatic carbocycles. The van der Waals surface area contributed by atoms with E-state index in [0.29, 0.717) is 29.4 Å². The quantitative estimate of drug-likeness (QED) is 0.435. The summed E-state index contributed by atoms with van der Waals surface area (Å²) in [6, 6.07) is -0.728. The van der Waals surface area contributed by atoms with E-state index >= 15 is 0 Å². The highest BCUT2D eigenvalue weighted by molar-refractivity contribution is 8.02. The van der Waals surface area contributed by atoms with Crippen molar-refractivity contribution in [3.8, 4) is 0 Å². The highest BCUT2D eigenvalue weighted by Gasteiger charge is 2.54. The summed E-state index contributed by atoms with van der Waals surface area (Å²) in [5.41, 5.74) is 0.676. The first-order valence-corrected chi connectivity index (χ1v) is 12.9. The average Bonchev–Trinajstić information content (AvgIpc) is 3.15. The molecule has 2 atom stereocenters. The first-order valence-electron chi connectivity index (χ1n) is 8.99. The van der Waals surface area contributed by atoms with E-state index in [4.69, 9.17) is 4.74 Å². The number of aryl methyl sites for hydroxylation is 1. The number of nitrogens with zero attached hydrogens (tertiary/aromatic N) is 3. The zero-order valence-corrected chi connectivity index (χ0v) is 19.1. The van der Waals surface area contributed by atoms with Gasteiger partial charge in [-0.2, -0.15) is 0 Å². The Hall–Kier alpha value is -1.70. The van der Waals surface area contributed by atoms with Crippen LogP contribution in [-0.2, 0) is 19.1 Å². The van der Waals surface area contributed by atoms with Crippen molar-refractivity contribution in [2.45, 2.75) is 29.1 Å². The highest BCUT2D eigenvalue weighted by atomic mass is 32.2. The van der Waals surface area contributed by atoms with Crippen LogP contribution < -0.4 is 5.32 Å². The highest BCUT2D eigenvalue weighted by Crippen LogP contribution is 2.41. The van der Waals surface area contributed by atoms with Gasteiger partial charge in [0.25, 0.3) is 5.91 Å². The van der Waals surface area contributed by atoms with E-state index in [1.165, 1.54) is 39.8 Å². The lowest BCUT2D eigenvalue weighted by molar-refractivity contribution is -0.150. The van der Waals surface area contributed by atoms with E-state index in [9.17, 15) is 19.5 Å². The monoisotopic (exact) mass is 486 g/mol. The van der Waals surface area contributed by atoms with Crippen molar-refractivity contribution in [1.82, 2.24) is 20.4 Å². The molecule has 30 heavy (non-hydrogen) atoms. The second-order valence-corrected chi connectivity index (χ2v) is 11.1. The molecule has 0 aliphatic carbocycles. The van der Waals surface area contributed by atoms with Crippen LogP contribution >= 0.6 is 46.6 Å². The standard InChI is InChI=1S/C17H18N4O5S4/c1-8-19-20-17(30-8)29-6-9-5-28-15-12(14(23)21(15)13(9)16(24)25)18-11(22)4-10-7-27-3-2-26-10/h7,12,15H,2-6H2,1H3,(H,18,22)(H,24,25). The smallest absolute Gasteiger partial charge is 0.352 e. The predicted molar refractivity (Wildman–Crippen MR) is 116 cm³/mol. The molecule has 1 aromatic heterocycles. The molecule has 2 unspecified atom stereocenters. The third kappa shape index (κ3) is 4.48. The van der Waals surface area contributed by atoms with Crippen LogP contribution in [0.5, 0.6) is 0 Å². The topological polar surface area (TPSA) is 122 Å². The van der Waals surface area contributed by atoms with Crippen LogP contribution in [0.4, 0.5) is 0 Å². The molecule has 0 saturated carbocycles. The molecule has 160 valence electrons. The Labute approximate surface area is 189 Å². The maximum atomic E-state index is 12.7. The molecule has 2 amide bonds. The molecule has 4 heterocycles. The Morgan fingerprint density at radius 2 is 2.27 bits per heavy atom. The number of β-lactam (4-membered cyclic amide) rings is 1. The van der Waals surface area contributed by atoms with Crippen molar-refractivity contribution in [1.29, 1.82) is 0 Å². The second-order valence-electron chi connectivity index (χ2n) is 6.57. The molecule has 4 rings (SSSR count). The number of carbonyl (C=O) groups is 3. The van der Waals surface area contributed by atoms with Crippen molar-refractivity contribution in [2.24, 2.45) is 0 Å². The fourth-order valence-corrected chi connectivity index (χ4v) is 7.10. The van der Waals surface area contributed by atoms with E-state index in [0.717, 1.165) is 15.1 Å². The minimum absolute atomic E-state index is 0.0118. The number of carbonyl (C=O) groups excluding carboxylic acids is 2. The Bertz CT molecular complexity index is 946. The van der Waals surface area contributed by atoms with Crippen LogP contribution in [0, 0.1) is 6.92 Å². The summed E-state index contributed by atoms with van der Waals surface area (Å²) in [5, 5.41) is 22.7. The summed E-state index contributed by atoms with van der Waals surface area (Å²) in [4.78, 5) is 38.2. The van der Waals surface area contributed by atoms with Crippen LogP contribution in [-0.4, -0.2) is 73.3 Å². The van der Waals surface area contributed by atoms with Crippen LogP contribution in [0.2, 0.25) is 0 Å². The Morgan fingerprint density at radius 3 is 2.93 bits per heavy atom. The van der Waals surface area contributed by atoms with Gasteiger partial charge in [0.15, 0.2) is 4.34 Å². The van der Waals surface area contributed by atoms with E-state index in [1.54, 1.807) is 11.8 Å². The summed E-state index contributed by atoms with van der Waals surface area (Å²) in [6.45, 7) is 2.41. The average molecular weight is 487 g/mol. The Morgan fingerprint density at radius 1 is 1.43 bits per heavy atom. The Kier molecular flexibility index (Phi) is 6.60. The summed E-state index contributed by atoms with van der Waals surface area (Å²) >= 11 is 5.89. The number of nitrogens with one attached hydrogen (secondary N) is 1. The molecule has 3 aliphatic heterocycles. The second kappa shape index (κ2) is 9.20. The van der Waals surface area contributed by atoms with Gasteiger partial charge in [0.2, 0.25) is 5.91 Å². The SMILES string of the molecule is Cc1nnc(SCC2=C(C(=O)O)N3C(=O)C(NC(=O)CC4=CSCCO4)C3SC2)s1. The maximum Gasteiger partial charge on any atom is 0.352 e. The van der Waals surface area contributed by atoms with Gasteiger partial charge in [-0.25, -0.2) is 4.79 Å². The van der Waals surface area contributed by atoms with Gasteiger partial charge in [0, 0.05) is 22.7 Å². The van der Waals surface area contributed by atoms with Crippen LogP contribution in [0.15, 0.2) is 26.8 Å². The normalized spacial score (nSPS) is 23.3. The van der Waals surface area contributed by atoms with Crippen molar-refractivity contribution >= 4 is 64.4 Å². The van der Waals surface area contributed by atoms with Crippen LogP contribution in [0.25, 0.3) is 0 Å². The summed E-state index contributed by atoms with van der Waals surface area (Å²) in [5.74, 6) is 0.472. The van der Waals surface area contributed by atoms with Crippen LogP contribution in [0.1, 0.15) is 11.4 Å². The number of aromatic nitrogens is 2. The van der Waals surface area contributed by atoms with Gasteiger partial charge < -0.3 is 15.2 Å². The first kappa shape index (κ1) is 21.5. The molecule has 1 saturated heterocycles. The zero-order valence-electron chi connectivity index (χ0n) is 15.8. The fraction of sp³-hybridized carbons (Fsp3) is 0.471. The number of hydrogen-bond donors (Lipinski definition) is 2. The molecular weight excluding hydrogens is 468 g/mol. The first-order chi connectivity index (χ1) is 14.4. The molecular formula is C17H18N4O5S4. The van der Waals surface area contributed by atoms with Crippen molar-refractivity contribution in [3.63, 3.8) is 0 Å². The molecule has 0 bridgehead atoms. The van der Waals surface area contributed by atoms with Gasteiger partial charge in [-0.15, -0.1) is 33.7 Å². The predicted octanol–water partition coefficient (Wildman–Crippen LogP) is 1.67. The summed E-state index contributed by atoms with van der Waals surface area (Å²) < 4.78 is 6.18. The minimum Gasteiger partial charge on any atom is -0.496 e. The van der Waals surface area contributed by atoms with E-state index < -0.39 is 23.3 Å². The molecule has 0 spiro atoms. The number of aliphatic carboxylic acids is 1. The van der Waals surface area contributed by atoms with E-state index in [-0.39, 0.29) is 18.0 Å². The van der Waals surface area contributed by atoms with E-state index in [2.05, 4.69) is 15.5 Å². The summed E-state index contributed by atoms with van der Waals surface area (Å²) in [7, 11) is 0. The third-order valence-electron chi connectivity index (χ3n) is 4.48. The van der Waals surface area contributed by atoms with Gasteiger partial charge in [-0.05, 0) is 12.5 Å². The molecule has 1 fully saturated rings. The molecule has 13 heteroatoms. The minimum atomic E-state index is -1.14. The molecule has 0 radical (unpaired) electrons. The number of amides is 2. The largest absolute Gasteiger partial charge is 0.496 e. The van der Waals surface area contributed by atoms with E-state index in [1.807, 2.05) is 12.3 Å². The van der Waals surface area contributed by atoms with Gasteiger partial charge in [-0.1, -0.05) is 23.1 Å². The summed E-state index contributed by atoms with van der Waals surface area (Å²) in [6.07, 6.45) is 0.0684. The lowest BCUT2D eigenvalue weighted by Crippen LogP contribution is -2.70. The van der Waals surface area contributed by atoms with Gasteiger partial charge in [-0.3, -0.25) is 14.5 Å². The maximum absolute atomic E-state index is 12.7. The lowest BCUT2D eigenvalue weighted by Gasteiger charge is -2.49. The number of carboxylic acid groups (broad SMARTS) is 1. The molecule has 2 N–H and O–H groups in total. The molecule has 9 nitrogen and oxygen atoms in total. The van der Waals surface area contributed by atoms with Crippen molar-refractivity contribution in [2.75, 3.05) is 23.9 Å². The fourth-order valence-electron chi connectivity index (χ4n) is 3.16. The lowest BCUT2D eigenvalue weighted by atomic mass is 10.0. The van der Waals surface area contributed by atoms with Crippen LogP contribution in [0.3, 0.4) is 0 Å². The number of carboxylic acids is 1.